The van der Waals surface area contributed by atoms with Crippen LogP contribution in [-0.2, 0) is 0 Å². The van der Waals surface area contributed by atoms with Crippen LogP contribution in [0.2, 0.25) is 0 Å². The topological polar surface area (TPSA) is 0 Å². The third-order valence-corrected chi connectivity index (χ3v) is 0.742. The minimum absolute atomic E-state index is 0.596. The molecule has 0 heterocycles. The molecule has 0 aliphatic rings. The molecule has 0 amide bonds. The van der Waals surface area contributed by atoms with Gasteiger partial charge in [-0.2, -0.15) is 4.39 Å². The maximum Gasteiger partial charge on any atom is 0.185 e. The summed E-state index contributed by atoms with van der Waals surface area (Å²) in [6.45, 7) is 1.97. The molecule has 0 N–H and O–H groups in total. The molecule has 0 rings (SSSR count). The van der Waals surface area contributed by atoms with Crippen molar-refractivity contribution in [1.82, 2.24) is 0 Å². The first-order valence-corrected chi connectivity index (χ1v) is 2.66. The fourth-order valence-electron chi connectivity index (χ4n) is 0.253. The minimum atomic E-state index is -0.596. The molecule has 0 aromatic rings. The molecule has 0 aromatic heterocycles. The van der Waals surface area contributed by atoms with Gasteiger partial charge in [-0.05, 0) is 12.5 Å². The Morgan fingerprint density at radius 3 is 2.57 bits per heavy atom. The van der Waals surface area contributed by atoms with Crippen molar-refractivity contribution in [3.63, 3.8) is 0 Å². The van der Waals surface area contributed by atoms with Crippen molar-refractivity contribution in [2.24, 2.45) is 0 Å². The minimum Gasteiger partial charge on any atom is -0.194 e. The zero-order valence-corrected chi connectivity index (χ0v) is 5.00. The van der Waals surface area contributed by atoms with Gasteiger partial charge < -0.3 is 0 Å². The Bertz CT molecular complexity index is 64.5. The van der Waals surface area contributed by atoms with E-state index >= 15 is 0 Å². The number of unbranched alkanes of at least 4 members (excludes halogenated alkanes) is 1. The average molecular weight is 123 g/mol. The number of halogens is 2. The largest absolute Gasteiger partial charge is 0.194 e. The van der Waals surface area contributed by atoms with Crippen LogP contribution in [-0.4, -0.2) is 0 Å². The van der Waals surface area contributed by atoms with Crippen LogP contribution in [0.3, 0.4) is 0 Å². The van der Waals surface area contributed by atoms with Crippen LogP contribution in [0, 0.1) is 0 Å². The van der Waals surface area contributed by atoms with E-state index in [0.717, 1.165) is 12.8 Å². The quantitative estimate of drug-likeness (QED) is 0.528. The third kappa shape index (κ3) is 5.96. The van der Waals surface area contributed by atoms with Crippen molar-refractivity contribution in [2.75, 3.05) is 0 Å². The number of hydrogen-bond acceptors (Lipinski definition) is 0. The van der Waals surface area contributed by atoms with Gasteiger partial charge in [0.1, 0.15) is 0 Å². The van der Waals surface area contributed by atoms with Crippen molar-refractivity contribution >= 4 is 11.6 Å². The second-order valence-electron chi connectivity index (χ2n) is 1.28. The normalized spacial score (nSPS) is 12.1. The van der Waals surface area contributed by atoms with E-state index in [1.165, 1.54) is 6.08 Å². The van der Waals surface area contributed by atoms with Crippen LogP contribution in [0.4, 0.5) is 4.39 Å². The highest BCUT2D eigenvalue weighted by atomic mass is 35.5. The molecule has 42 valence electrons. The molecule has 0 atom stereocenters. The van der Waals surface area contributed by atoms with Crippen molar-refractivity contribution in [3.8, 4) is 0 Å². The van der Waals surface area contributed by atoms with Gasteiger partial charge in [0.2, 0.25) is 0 Å². The lowest BCUT2D eigenvalue weighted by Gasteiger charge is -1.79. The molecule has 0 radical (unpaired) electrons. The van der Waals surface area contributed by atoms with Gasteiger partial charge in [0.25, 0.3) is 0 Å². The predicted molar refractivity (Wildman–Crippen MR) is 30.0 cm³/mol. The molecular formula is C5H8ClF. The van der Waals surface area contributed by atoms with E-state index in [2.05, 4.69) is 0 Å². The summed E-state index contributed by atoms with van der Waals surface area (Å²) in [6, 6.07) is 0. The van der Waals surface area contributed by atoms with E-state index in [-0.39, 0.29) is 0 Å². The second-order valence-corrected chi connectivity index (χ2v) is 1.64. The molecule has 0 aliphatic heterocycles. The zero-order chi connectivity index (χ0) is 5.70. The molecule has 0 saturated heterocycles. The van der Waals surface area contributed by atoms with E-state index in [1.807, 2.05) is 6.92 Å². The summed E-state index contributed by atoms with van der Waals surface area (Å²) in [5, 5.41) is -0.596. The van der Waals surface area contributed by atoms with Crippen molar-refractivity contribution in [1.29, 1.82) is 0 Å². The van der Waals surface area contributed by atoms with E-state index in [9.17, 15) is 4.39 Å². The first-order chi connectivity index (χ1) is 3.27. The number of allylic oxidation sites excluding steroid dienone is 1. The van der Waals surface area contributed by atoms with Gasteiger partial charge in [-0.15, -0.1) is 0 Å². The summed E-state index contributed by atoms with van der Waals surface area (Å²) in [7, 11) is 0. The highest BCUT2D eigenvalue weighted by Crippen LogP contribution is 2.03. The first kappa shape index (κ1) is 6.96. The number of hydrogen-bond donors (Lipinski definition) is 0. The molecule has 2 heteroatoms. The first-order valence-electron chi connectivity index (χ1n) is 2.28. The van der Waals surface area contributed by atoms with E-state index < -0.39 is 5.29 Å². The van der Waals surface area contributed by atoms with E-state index in [4.69, 9.17) is 11.6 Å². The smallest absolute Gasteiger partial charge is 0.185 e. The van der Waals surface area contributed by atoms with Crippen LogP contribution in [0.1, 0.15) is 19.8 Å². The summed E-state index contributed by atoms with van der Waals surface area (Å²) < 4.78 is 11.5. The predicted octanol–water partition coefficient (Wildman–Crippen LogP) is 2.84. The summed E-state index contributed by atoms with van der Waals surface area (Å²) >= 11 is 4.85. The van der Waals surface area contributed by atoms with Gasteiger partial charge in [-0.1, -0.05) is 24.9 Å². The van der Waals surface area contributed by atoms with Gasteiger partial charge in [0.05, 0.1) is 0 Å². The summed E-state index contributed by atoms with van der Waals surface area (Å²) in [5.74, 6) is 0. The highest BCUT2D eigenvalue weighted by molar-refractivity contribution is 6.28. The molecule has 0 spiro atoms. The highest BCUT2D eigenvalue weighted by Gasteiger charge is 1.80. The van der Waals surface area contributed by atoms with Gasteiger partial charge in [-0.3, -0.25) is 0 Å². The SMILES string of the molecule is CCCC=C(F)Cl. The van der Waals surface area contributed by atoms with Crippen LogP contribution >= 0.6 is 11.6 Å². The maximum atomic E-state index is 11.5. The molecule has 7 heavy (non-hydrogen) atoms. The molecule has 0 unspecified atom stereocenters. The fourth-order valence-corrected chi connectivity index (χ4v) is 0.363. The Labute approximate surface area is 48.0 Å². The molecule has 0 aromatic carbocycles. The molecule has 0 fully saturated rings. The lowest BCUT2D eigenvalue weighted by Crippen LogP contribution is -1.59. The Hall–Kier alpha value is -0.0400. The molecule has 0 saturated carbocycles. The Balaban J connectivity index is 3.08. The Morgan fingerprint density at radius 1 is 1.86 bits per heavy atom. The molecule has 0 bridgehead atoms. The van der Waals surface area contributed by atoms with Crippen LogP contribution < -0.4 is 0 Å². The van der Waals surface area contributed by atoms with Gasteiger partial charge in [0, 0.05) is 0 Å². The standard InChI is InChI=1S/C5H8ClF/c1-2-3-4-5(6)7/h4H,2-3H2,1H3. The van der Waals surface area contributed by atoms with Gasteiger partial charge in [0.15, 0.2) is 5.29 Å². The molecule has 0 nitrogen and oxygen atoms in total. The number of rotatable bonds is 2. The van der Waals surface area contributed by atoms with Gasteiger partial charge in [-0.25, -0.2) is 0 Å². The Morgan fingerprint density at radius 2 is 2.43 bits per heavy atom. The van der Waals surface area contributed by atoms with E-state index in [1.54, 1.807) is 0 Å². The van der Waals surface area contributed by atoms with Crippen LogP contribution in [0.15, 0.2) is 11.4 Å². The monoisotopic (exact) mass is 122 g/mol. The summed E-state index contributed by atoms with van der Waals surface area (Å²) in [4.78, 5) is 0. The summed E-state index contributed by atoms with van der Waals surface area (Å²) in [6.07, 6.45) is 3.04. The third-order valence-electron chi connectivity index (χ3n) is 0.587. The van der Waals surface area contributed by atoms with E-state index in [0.29, 0.717) is 0 Å². The average Bonchev–Trinajstić information content (AvgIpc) is 1.61. The molecule has 0 aliphatic carbocycles. The lowest BCUT2D eigenvalue weighted by molar-refractivity contribution is 0.685. The van der Waals surface area contributed by atoms with Gasteiger partial charge >= 0.3 is 0 Å². The molecular weight excluding hydrogens is 115 g/mol. The zero-order valence-electron chi connectivity index (χ0n) is 4.25. The van der Waals surface area contributed by atoms with Crippen LogP contribution in [0.5, 0.6) is 0 Å². The lowest BCUT2D eigenvalue weighted by atomic mass is 10.3. The second kappa shape index (κ2) is 4.13. The van der Waals surface area contributed by atoms with Crippen molar-refractivity contribution in [3.05, 3.63) is 11.4 Å². The van der Waals surface area contributed by atoms with Crippen molar-refractivity contribution in [2.45, 2.75) is 19.8 Å². The maximum absolute atomic E-state index is 11.5. The van der Waals surface area contributed by atoms with Crippen LogP contribution in [0.25, 0.3) is 0 Å². The Kier molecular flexibility index (Phi) is 4.10. The fraction of sp³-hybridized carbons (Fsp3) is 0.600. The summed E-state index contributed by atoms with van der Waals surface area (Å²) in [5.41, 5.74) is 0. The van der Waals surface area contributed by atoms with Crippen molar-refractivity contribution < 1.29 is 4.39 Å².